The van der Waals surface area contributed by atoms with Crippen LogP contribution in [0.2, 0.25) is 0 Å². The fourth-order valence-corrected chi connectivity index (χ4v) is 6.21. The maximum Gasteiger partial charge on any atom is 0.231 e. The number of aromatic nitrogens is 2. The minimum atomic E-state index is -0.168. The predicted molar refractivity (Wildman–Crippen MR) is 163 cm³/mol. The van der Waals surface area contributed by atoms with Gasteiger partial charge in [0.2, 0.25) is 12.7 Å². The SMILES string of the molecule is CCc1ccccc1NC(=O)CCN1C(=S)N[C@H](c2ccccn2)[C@@H]1c1cc(C)n(-c2ccc3c(c2)OCO3)c1C. The molecule has 2 aliphatic rings. The summed E-state index contributed by atoms with van der Waals surface area (Å²) in [5.41, 5.74) is 7.17. The Hall–Kier alpha value is -4.37. The Bertz CT molecular complexity index is 1600. The van der Waals surface area contributed by atoms with Gasteiger partial charge in [-0.2, -0.15) is 0 Å². The van der Waals surface area contributed by atoms with Crippen molar-refractivity contribution < 1.29 is 14.3 Å². The van der Waals surface area contributed by atoms with Gasteiger partial charge in [0.25, 0.3) is 0 Å². The van der Waals surface area contributed by atoms with Gasteiger partial charge in [-0.1, -0.05) is 31.2 Å². The highest BCUT2D eigenvalue weighted by Gasteiger charge is 2.41. The third-order valence-corrected chi connectivity index (χ3v) is 8.21. The van der Waals surface area contributed by atoms with Crippen LogP contribution in [0.4, 0.5) is 5.69 Å². The molecule has 2 N–H and O–H groups in total. The Kier molecular flexibility index (Phi) is 7.36. The molecule has 1 saturated heterocycles. The first-order chi connectivity index (χ1) is 19.9. The second-order valence-electron chi connectivity index (χ2n) is 10.3. The second-order valence-corrected chi connectivity index (χ2v) is 10.7. The topological polar surface area (TPSA) is 80.7 Å². The van der Waals surface area contributed by atoms with Crippen LogP contribution < -0.4 is 20.1 Å². The molecule has 8 nitrogen and oxygen atoms in total. The number of amides is 1. The summed E-state index contributed by atoms with van der Waals surface area (Å²) in [6, 6.07) is 21.7. The third kappa shape index (κ3) is 5.13. The molecule has 2 atom stereocenters. The quantitative estimate of drug-likeness (QED) is 0.261. The Morgan fingerprint density at radius 1 is 1.07 bits per heavy atom. The zero-order valence-corrected chi connectivity index (χ0v) is 24.2. The highest BCUT2D eigenvalue weighted by atomic mass is 32.1. The zero-order valence-electron chi connectivity index (χ0n) is 23.4. The number of pyridine rings is 1. The van der Waals surface area contributed by atoms with E-state index in [1.165, 1.54) is 0 Å². The van der Waals surface area contributed by atoms with Gasteiger partial charge in [-0.15, -0.1) is 0 Å². The number of anilines is 1. The van der Waals surface area contributed by atoms with Crippen molar-refractivity contribution in [1.29, 1.82) is 0 Å². The molecule has 0 spiro atoms. The molecule has 2 aromatic carbocycles. The summed E-state index contributed by atoms with van der Waals surface area (Å²) < 4.78 is 13.4. The highest BCUT2D eigenvalue weighted by Crippen LogP contribution is 2.42. The Morgan fingerprint density at radius 2 is 1.88 bits per heavy atom. The third-order valence-electron chi connectivity index (χ3n) is 7.85. The van der Waals surface area contributed by atoms with E-state index in [2.05, 4.69) is 51.9 Å². The molecule has 0 bridgehead atoms. The fraction of sp³-hybridized carbons (Fsp3) is 0.281. The van der Waals surface area contributed by atoms with Crippen molar-refractivity contribution >= 4 is 28.9 Å². The first kappa shape index (κ1) is 26.8. The van der Waals surface area contributed by atoms with Gasteiger partial charge >= 0.3 is 0 Å². The van der Waals surface area contributed by atoms with Gasteiger partial charge in [-0.25, -0.2) is 0 Å². The van der Waals surface area contributed by atoms with Gasteiger partial charge in [-0.3, -0.25) is 9.78 Å². The van der Waals surface area contributed by atoms with E-state index in [9.17, 15) is 4.79 Å². The van der Waals surface area contributed by atoms with Crippen molar-refractivity contribution in [1.82, 2.24) is 19.8 Å². The number of hydrogen-bond acceptors (Lipinski definition) is 5. The summed E-state index contributed by atoms with van der Waals surface area (Å²) in [6.45, 7) is 7.00. The van der Waals surface area contributed by atoms with Crippen LogP contribution in [-0.2, 0) is 11.2 Å². The monoisotopic (exact) mass is 567 g/mol. The molecular weight excluding hydrogens is 534 g/mol. The first-order valence-electron chi connectivity index (χ1n) is 13.9. The van der Waals surface area contributed by atoms with Crippen LogP contribution in [0.15, 0.2) is 72.9 Å². The standard InChI is InChI=1S/C32H33N5O3S/c1-4-22-9-5-6-10-25(22)34-29(38)14-16-36-31(30(35-32(36)41)26-11-7-8-15-33-26)24-17-20(2)37(21(24)3)23-12-13-27-28(18-23)40-19-39-27/h5-13,15,17-18,30-31H,4,14,16,19H2,1-3H3,(H,34,38)(H,35,41)/t30-,31+/m1/s1. The maximum atomic E-state index is 13.1. The largest absolute Gasteiger partial charge is 0.454 e. The van der Waals surface area contributed by atoms with E-state index >= 15 is 0 Å². The number of ether oxygens (including phenoxy) is 2. The Balaban J connectivity index is 1.32. The Labute approximate surface area is 245 Å². The molecule has 41 heavy (non-hydrogen) atoms. The minimum Gasteiger partial charge on any atom is -0.454 e. The number of carbonyl (C=O) groups is 1. The van der Waals surface area contributed by atoms with Gasteiger partial charge in [0.15, 0.2) is 16.6 Å². The van der Waals surface area contributed by atoms with Gasteiger partial charge in [0.05, 0.1) is 17.8 Å². The van der Waals surface area contributed by atoms with E-state index in [1.807, 2.05) is 60.7 Å². The summed E-state index contributed by atoms with van der Waals surface area (Å²) in [4.78, 5) is 19.9. The van der Waals surface area contributed by atoms with Crippen LogP contribution in [0.5, 0.6) is 11.5 Å². The summed E-state index contributed by atoms with van der Waals surface area (Å²) in [5.74, 6) is 1.45. The number of thiocarbonyl (C=S) groups is 1. The van der Waals surface area contributed by atoms with Crippen molar-refractivity contribution in [2.75, 3.05) is 18.7 Å². The number of aryl methyl sites for hydroxylation is 2. The van der Waals surface area contributed by atoms with Gasteiger partial charge in [-0.05, 0) is 80.0 Å². The average Bonchev–Trinajstić information content (AvgIpc) is 3.67. The van der Waals surface area contributed by atoms with Crippen molar-refractivity contribution in [3.05, 3.63) is 101 Å². The van der Waals surface area contributed by atoms with Gasteiger partial charge < -0.3 is 29.6 Å². The smallest absolute Gasteiger partial charge is 0.231 e. The lowest BCUT2D eigenvalue weighted by Crippen LogP contribution is -2.33. The molecule has 4 heterocycles. The van der Waals surface area contributed by atoms with Crippen LogP contribution in [-0.4, -0.2) is 38.8 Å². The lowest BCUT2D eigenvalue weighted by molar-refractivity contribution is -0.116. The molecule has 0 aliphatic carbocycles. The average molecular weight is 568 g/mol. The number of hydrogen-bond donors (Lipinski definition) is 2. The molecular formula is C32H33N5O3S. The van der Waals surface area contributed by atoms with E-state index in [0.717, 1.165) is 57.5 Å². The van der Waals surface area contributed by atoms with Crippen LogP contribution in [0.1, 0.15) is 53.6 Å². The summed E-state index contributed by atoms with van der Waals surface area (Å²) in [5, 5.41) is 7.22. The predicted octanol–water partition coefficient (Wildman–Crippen LogP) is 5.78. The van der Waals surface area contributed by atoms with E-state index in [1.54, 1.807) is 6.20 Å². The summed E-state index contributed by atoms with van der Waals surface area (Å²) in [7, 11) is 0. The van der Waals surface area contributed by atoms with Crippen LogP contribution >= 0.6 is 12.2 Å². The molecule has 1 fully saturated rings. The molecule has 6 rings (SSSR count). The number of carbonyl (C=O) groups excluding carboxylic acids is 1. The Morgan fingerprint density at radius 3 is 2.68 bits per heavy atom. The molecule has 0 radical (unpaired) electrons. The molecule has 1 amide bonds. The normalized spacial score (nSPS) is 17.5. The second kappa shape index (κ2) is 11.2. The molecule has 210 valence electrons. The van der Waals surface area contributed by atoms with E-state index in [4.69, 9.17) is 21.7 Å². The van der Waals surface area contributed by atoms with Crippen molar-refractivity contribution in [3.8, 4) is 17.2 Å². The van der Waals surface area contributed by atoms with Crippen molar-refractivity contribution in [2.45, 2.75) is 45.7 Å². The molecule has 2 aliphatic heterocycles. The van der Waals surface area contributed by atoms with E-state index < -0.39 is 0 Å². The zero-order chi connectivity index (χ0) is 28.5. The van der Waals surface area contributed by atoms with E-state index in [0.29, 0.717) is 18.1 Å². The number of rotatable bonds is 8. The number of nitrogens with one attached hydrogen (secondary N) is 2. The number of nitrogens with zero attached hydrogens (tertiary/aromatic N) is 3. The molecule has 9 heteroatoms. The van der Waals surface area contributed by atoms with Crippen LogP contribution in [0.3, 0.4) is 0 Å². The van der Waals surface area contributed by atoms with Crippen molar-refractivity contribution in [2.24, 2.45) is 0 Å². The number of fused-ring (bicyclic) bond motifs is 1. The number of para-hydroxylation sites is 1. The van der Waals surface area contributed by atoms with Gasteiger partial charge in [0.1, 0.15) is 0 Å². The summed E-state index contributed by atoms with van der Waals surface area (Å²) >= 11 is 5.86. The molecule has 0 saturated carbocycles. The minimum absolute atomic E-state index is 0.0421. The lowest BCUT2D eigenvalue weighted by atomic mass is 9.96. The molecule has 4 aromatic rings. The van der Waals surface area contributed by atoms with Crippen molar-refractivity contribution in [3.63, 3.8) is 0 Å². The fourth-order valence-electron chi connectivity index (χ4n) is 5.88. The molecule has 0 unspecified atom stereocenters. The number of benzene rings is 2. The first-order valence-corrected chi connectivity index (χ1v) is 14.3. The van der Waals surface area contributed by atoms with Crippen LogP contribution in [0, 0.1) is 13.8 Å². The summed E-state index contributed by atoms with van der Waals surface area (Å²) in [6.07, 6.45) is 2.95. The van der Waals surface area contributed by atoms with Gasteiger partial charge in [0, 0.05) is 48.0 Å². The molecule has 2 aromatic heterocycles. The lowest BCUT2D eigenvalue weighted by Gasteiger charge is -2.28. The van der Waals surface area contributed by atoms with E-state index in [-0.39, 0.29) is 24.8 Å². The maximum absolute atomic E-state index is 13.1. The van der Waals surface area contributed by atoms with Crippen LogP contribution in [0.25, 0.3) is 5.69 Å². The highest BCUT2D eigenvalue weighted by molar-refractivity contribution is 7.80.